The van der Waals surface area contributed by atoms with Crippen molar-refractivity contribution in [3.63, 3.8) is 0 Å². The lowest BCUT2D eigenvalue weighted by molar-refractivity contribution is -0.114. The highest BCUT2D eigenvalue weighted by molar-refractivity contribution is 5.60. The Morgan fingerprint density at radius 3 is 2.56 bits per heavy atom. The van der Waals surface area contributed by atoms with Crippen LogP contribution in [-0.4, -0.2) is 23.9 Å². The van der Waals surface area contributed by atoms with E-state index in [-0.39, 0.29) is 5.56 Å². The Balaban J connectivity index is 2.40. The molecule has 2 N–H and O–H groups in total. The summed E-state index contributed by atoms with van der Waals surface area (Å²) < 4.78 is 39.7. The normalized spacial score (nSPS) is 25.1. The first-order chi connectivity index (χ1) is 8.54. The summed E-state index contributed by atoms with van der Waals surface area (Å²) in [5, 5.41) is 1.31. The van der Waals surface area contributed by atoms with Gasteiger partial charge < -0.3 is 4.79 Å². The average Bonchev–Trinajstić information content (AvgIpc) is 2.33. The van der Waals surface area contributed by atoms with Gasteiger partial charge in [-0.15, -0.1) is 0 Å². The van der Waals surface area contributed by atoms with Crippen molar-refractivity contribution < 1.29 is 18.0 Å². The van der Waals surface area contributed by atoms with Crippen molar-refractivity contribution in [1.82, 2.24) is 5.01 Å². The molecule has 98 valence electrons. The molecule has 18 heavy (non-hydrogen) atoms. The molecule has 0 amide bonds. The van der Waals surface area contributed by atoms with E-state index < -0.39 is 29.4 Å². The molecule has 1 aliphatic heterocycles. The van der Waals surface area contributed by atoms with E-state index in [0.717, 1.165) is 6.07 Å². The third-order valence-electron chi connectivity index (χ3n) is 3.31. The molecule has 1 saturated heterocycles. The van der Waals surface area contributed by atoms with E-state index in [1.165, 1.54) is 5.01 Å². The fourth-order valence-electron chi connectivity index (χ4n) is 2.38. The molecular weight excluding hydrogens is 245 g/mol. The Morgan fingerprint density at radius 2 is 1.89 bits per heavy atom. The van der Waals surface area contributed by atoms with Gasteiger partial charge in [0.25, 0.3) is 0 Å². The van der Waals surface area contributed by atoms with Gasteiger partial charge in [0.2, 0.25) is 0 Å². The Kier molecular flexibility index (Phi) is 3.68. The Morgan fingerprint density at radius 1 is 1.22 bits per heavy atom. The summed E-state index contributed by atoms with van der Waals surface area (Å²) in [6, 6.07) is 0.602. The number of hydrogen-bond acceptors (Lipinski definition) is 3. The first-order valence-electron chi connectivity index (χ1n) is 5.65. The molecule has 0 aromatic heterocycles. The van der Waals surface area contributed by atoms with E-state index in [0.29, 0.717) is 31.7 Å². The molecule has 0 aliphatic carbocycles. The van der Waals surface area contributed by atoms with E-state index in [2.05, 4.69) is 0 Å². The zero-order chi connectivity index (χ0) is 13.3. The molecule has 2 atom stereocenters. The number of rotatable bonds is 2. The SMILES string of the molecule is NN1CCCC(c2cc(F)c(F)cc2F)C1C=O. The summed E-state index contributed by atoms with van der Waals surface area (Å²) in [7, 11) is 0. The van der Waals surface area contributed by atoms with Crippen LogP contribution >= 0.6 is 0 Å². The number of nitrogens with zero attached hydrogens (tertiary/aromatic N) is 1. The third kappa shape index (κ3) is 2.26. The number of benzene rings is 1. The second-order valence-electron chi connectivity index (χ2n) is 4.40. The van der Waals surface area contributed by atoms with Gasteiger partial charge in [-0.05, 0) is 24.5 Å². The standard InChI is InChI=1S/C12H13F3N2O/c13-9-5-11(15)10(14)4-8(9)7-2-1-3-17(16)12(7)6-18/h4-7,12H,1-3,16H2. The summed E-state index contributed by atoms with van der Waals surface area (Å²) in [6.45, 7) is 0.519. The molecule has 1 fully saturated rings. The highest BCUT2D eigenvalue weighted by Gasteiger charge is 2.33. The van der Waals surface area contributed by atoms with Crippen LogP contribution < -0.4 is 5.84 Å². The molecular formula is C12H13F3N2O. The van der Waals surface area contributed by atoms with Crippen molar-refractivity contribution in [2.45, 2.75) is 24.8 Å². The Hall–Kier alpha value is -1.40. The minimum Gasteiger partial charge on any atom is -0.302 e. The van der Waals surface area contributed by atoms with Gasteiger partial charge in [0.05, 0.1) is 6.04 Å². The van der Waals surface area contributed by atoms with Crippen LogP contribution in [-0.2, 0) is 4.79 Å². The lowest BCUT2D eigenvalue weighted by Gasteiger charge is -2.35. The summed E-state index contributed by atoms with van der Waals surface area (Å²) in [6.07, 6.45) is 1.80. The molecule has 1 aromatic carbocycles. The Bertz CT molecular complexity index is 467. The number of nitrogens with two attached hydrogens (primary N) is 1. The molecule has 2 unspecified atom stereocenters. The monoisotopic (exact) mass is 258 g/mol. The molecule has 1 aliphatic rings. The van der Waals surface area contributed by atoms with Gasteiger partial charge in [-0.1, -0.05) is 0 Å². The summed E-state index contributed by atoms with van der Waals surface area (Å²) >= 11 is 0. The number of aldehydes is 1. The fraction of sp³-hybridized carbons (Fsp3) is 0.417. The van der Waals surface area contributed by atoms with Crippen LogP contribution in [0.5, 0.6) is 0 Å². The highest BCUT2D eigenvalue weighted by Crippen LogP contribution is 2.32. The number of hydrazine groups is 1. The number of halogens is 3. The van der Waals surface area contributed by atoms with E-state index in [1.54, 1.807) is 0 Å². The molecule has 2 rings (SSSR count). The summed E-state index contributed by atoms with van der Waals surface area (Å²) in [4.78, 5) is 11.0. The quantitative estimate of drug-likeness (QED) is 0.499. The molecule has 0 bridgehead atoms. The van der Waals surface area contributed by atoms with Gasteiger partial charge >= 0.3 is 0 Å². The van der Waals surface area contributed by atoms with Crippen molar-refractivity contribution in [1.29, 1.82) is 0 Å². The average molecular weight is 258 g/mol. The van der Waals surface area contributed by atoms with Gasteiger partial charge in [0, 0.05) is 18.5 Å². The van der Waals surface area contributed by atoms with Crippen molar-refractivity contribution in [2.75, 3.05) is 6.54 Å². The van der Waals surface area contributed by atoms with Gasteiger partial charge in [0.15, 0.2) is 11.6 Å². The lowest BCUT2D eigenvalue weighted by atomic mass is 9.84. The first kappa shape index (κ1) is 13.0. The smallest absolute Gasteiger partial charge is 0.161 e. The van der Waals surface area contributed by atoms with Gasteiger partial charge in [-0.25, -0.2) is 18.2 Å². The van der Waals surface area contributed by atoms with Crippen LogP contribution in [0.15, 0.2) is 12.1 Å². The van der Waals surface area contributed by atoms with Crippen LogP contribution in [0.1, 0.15) is 24.3 Å². The number of carbonyl (C=O) groups excluding carboxylic acids is 1. The maximum Gasteiger partial charge on any atom is 0.161 e. The van der Waals surface area contributed by atoms with E-state index in [9.17, 15) is 18.0 Å². The number of piperidine rings is 1. The summed E-state index contributed by atoms with van der Waals surface area (Å²) in [5.74, 6) is 1.90. The molecule has 1 heterocycles. The molecule has 3 nitrogen and oxygen atoms in total. The third-order valence-corrected chi connectivity index (χ3v) is 3.31. The Labute approximate surface area is 102 Å². The van der Waals surface area contributed by atoms with Gasteiger partial charge in [-0.3, -0.25) is 5.84 Å². The van der Waals surface area contributed by atoms with Crippen LogP contribution in [0.25, 0.3) is 0 Å². The molecule has 0 radical (unpaired) electrons. The summed E-state index contributed by atoms with van der Waals surface area (Å²) in [5.41, 5.74) is 0.00106. The van der Waals surface area contributed by atoms with Crippen LogP contribution in [0.3, 0.4) is 0 Å². The van der Waals surface area contributed by atoms with Crippen LogP contribution in [0.2, 0.25) is 0 Å². The minimum atomic E-state index is -1.24. The zero-order valence-corrected chi connectivity index (χ0v) is 9.57. The minimum absolute atomic E-state index is 0.00106. The van der Waals surface area contributed by atoms with Crippen molar-refractivity contribution >= 4 is 6.29 Å². The van der Waals surface area contributed by atoms with Gasteiger partial charge in [-0.2, -0.15) is 0 Å². The highest BCUT2D eigenvalue weighted by atomic mass is 19.2. The molecule has 0 saturated carbocycles. The van der Waals surface area contributed by atoms with Crippen molar-refractivity contribution in [3.05, 3.63) is 35.1 Å². The molecule has 6 heteroatoms. The molecule has 0 spiro atoms. The lowest BCUT2D eigenvalue weighted by Crippen LogP contribution is -2.49. The second kappa shape index (κ2) is 5.07. The first-order valence-corrected chi connectivity index (χ1v) is 5.65. The maximum atomic E-state index is 13.7. The predicted octanol–water partition coefficient (Wildman–Crippen LogP) is 1.72. The number of carbonyl (C=O) groups is 1. The predicted molar refractivity (Wildman–Crippen MR) is 59.0 cm³/mol. The fourth-order valence-corrected chi connectivity index (χ4v) is 2.38. The van der Waals surface area contributed by atoms with Crippen LogP contribution in [0.4, 0.5) is 13.2 Å². The maximum absolute atomic E-state index is 13.7. The van der Waals surface area contributed by atoms with Crippen molar-refractivity contribution in [2.24, 2.45) is 5.84 Å². The van der Waals surface area contributed by atoms with Crippen molar-refractivity contribution in [3.8, 4) is 0 Å². The van der Waals surface area contributed by atoms with Crippen LogP contribution in [0, 0.1) is 17.5 Å². The van der Waals surface area contributed by atoms with E-state index in [1.807, 2.05) is 0 Å². The molecule has 1 aromatic rings. The second-order valence-corrected chi connectivity index (χ2v) is 4.40. The topological polar surface area (TPSA) is 46.3 Å². The number of hydrogen-bond donors (Lipinski definition) is 1. The largest absolute Gasteiger partial charge is 0.302 e. The van der Waals surface area contributed by atoms with E-state index in [4.69, 9.17) is 5.84 Å². The van der Waals surface area contributed by atoms with E-state index >= 15 is 0 Å². The van der Waals surface area contributed by atoms with Gasteiger partial charge in [0.1, 0.15) is 12.1 Å². The zero-order valence-electron chi connectivity index (χ0n) is 9.57.